The highest BCUT2D eigenvalue weighted by Crippen LogP contribution is 2.29. The molecule has 0 bridgehead atoms. The molecule has 1 aliphatic rings. The van der Waals surface area contributed by atoms with E-state index in [9.17, 15) is 13.5 Å². The summed E-state index contributed by atoms with van der Waals surface area (Å²) in [7, 11) is -2.02. The topological polar surface area (TPSA) is 86.3 Å². The average molecular weight is 259 g/mol. The third-order valence-electron chi connectivity index (χ3n) is 3.41. The maximum atomic E-state index is 12.3. The molecule has 2 rings (SSSR count). The van der Waals surface area contributed by atoms with Crippen LogP contribution in [-0.4, -0.2) is 41.1 Å². The molecule has 1 aliphatic carbocycles. The number of aromatic amines is 1. The molecule has 1 heterocycles. The molecule has 2 N–H and O–H groups in total. The van der Waals surface area contributed by atoms with Gasteiger partial charge in [0.1, 0.15) is 0 Å². The second kappa shape index (κ2) is 4.40. The molecule has 0 amide bonds. The first-order valence-electron chi connectivity index (χ1n) is 5.61. The summed E-state index contributed by atoms with van der Waals surface area (Å²) in [6, 6.07) is 0.0727. The molecular formula is C10H17N3O3S. The summed E-state index contributed by atoms with van der Waals surface area (Å²) >= 11 is 0. The van der Waals surface area contributed by atoms with E-state index in [0.717, 1.165) is 19.3 Å². The number of nitrogens with zero attached hydrogens (tertiary/aromatic N) is 2. The summed E-state index contributed by atoms with van der Waals surface area (Å²) in [5.41, 5.74) is 0.948. The molecule has 1 aromatic heterocycles. The van der Waals surface area contributed by atoms with E-state index in [-0.39, 0.29) is 17.7 Å². The summed E-state index contributed by atoms with van der Waals surface area (Å²) in [6.07, 6.45) is 2.86. The lowest BCUT2D eigenvalue weighted by Crippen LogP contribution is -2.41. The first-order chi connectivity index (χ1) is 7.98. The molecule has 0 unspecified atom stereocenters. The second-order valence-corrected chi connectivity index (χ2v) is 6.31. The lowest BCUT2D eigenvalue weighted by molar-refractivity contribution is 0.247. The van der Waals surface area contributed by atoms with Crippen molar-refractivity contribution in [2.45, 2.75) is 43.9 Å². The molecule has 0 saturated heterocycles. The third kappa shape index (κ3) is 1.98. The summed E-state index contributed by atoms with van der Waals surface area (Å²) in [5, 5.41) is 15.6. The van der Waals surface area contributed by atoms with Crippen LogP contribution in [0.25, 0.3) is 0 Å². The predicted octanol–water partition coefficient (Wildman–Crippen LogP) is 0.383. The fourth-order valence-corrected chi connectivity index (χ4v) is 3.48. The van der Waals surface area contributed by atoms with Crippen LogP contribution in [-0.2, 0) is 16.6 Å². The van der Waals surface area contributed by atoms with Gasteiger partial charge in [-0.3, -0.25) is 5.10 Å². The summed E-state index contributed by atoms with van der Waals surface area (Å²) in [6.45, 7) is 1.37. The van der Waals surface area contributed by atoms with Crippen LogP contribution in [0.4, 0.5) is 0 Å². The van der Waals surface area contributed by atoms with Crippen molar-refractivity contribution in [3.05, 3.63) is 11.3 Å². The first kappa shape index (κ1) is 12.5. The van der Waals surface area contributed by atoms with Crippen molar-refractivity contribution in [2.75, 3.05) is 7.05 Å². The lowest BCUT2D eigenvalue weighted by atomic mass is 9.94. The van der Waals surface area contributed by atoms with E-state index >= 15 is 0 Å². The van der Waals surface area contributed by atoms with E-state index in [1.165, 1.54) is 4.31 Å². The van der Waals surface area contributed by atoms with Gasteiger partial charge in [0.05, 0.1) is 6.61 Å². The maximum Gasteiger partial charge on any atom is 0.262 e. The largest absolute Gasteiger partial charge is 0.392 e. The Labute approximate surface area is 101 Å². The summed E-state index contributed by atoms with van der Waals surface area (Å²) < 4.78 is 25.9. The minimum absolute atomic E-state index is 0.0492. The van der Waals surface area contributed by atoms with Crippen LogP contribution in [0.1, 0.15) is 30.5 Å². The Bertz CT molecular complexity index is 505. The van der Waals surface area contributed by atoms with Gasteiger partial charge in [0, 0.05) is 24.3 Å². The van der Waals surface area contributed by atoms with Crippen molar-refractivity contribution in [2.24, 2.45) is 0 Å². The number of aromatic nitrogens is 2. The van der Waals surface area contributed by atoms with Crippen LogP contribution < -0.4 is 0 Å². The molecule has 17 heavy (non-hydrogen) atoms. The molecule has 1 aromatic rings. The van der Waals surface area contributed by atoms with E-state index in [0.29, 0.717) is 11.3 Å². The minimum Gasteiger partial charge on any atom is -0.392 e. The van der Waals surface area contributed by atoms with Crippen molar-refractivity contribution in [3.8, 4) is 0 Å². The van der Waals surface area contributed by atoms with Gasteiger partial charge in [0.25, 0.3) is 10.0 Å². The Hall–Kier alpha value is -0.920. The van der Waals surface area contributed by atoms with Crippen molar-refractivity contribution in [1.29, 1.82) is 0 Å². The summed E-state index contributed by atoms with van der Waals surface area (Å²) in [5.74, 6) is 0. The predicted molar refractivity (Wildman–Crippen MR) is 61.8 cm³/mol. The second-order valence-electron chi connectivity index (χ2n) is 4.40. The number of nitrogens with one attached hydrogen (secondary N) is 1. The quantitative estimate of drug-likeness (QED) is 0.818. The van der Waals surface area contributed by atoms with E-state index in [1.54, 1.807) is 14.0 Å². The van der Waals surface area contributed by atoms with Gasteiger partial charge in [-0.15, -0.1) is 0 Å². The van der Waals surface area contributed by atoms with Crippen LogP contribution in [0.2, 0.25) is 0 Å². The van der Waals surface area contributed by atoms with Crippen LogP contribution in [0.5, 0.6) is 0 Å². The molecule has 7 heteroatoms. The molecule has 0 atom stereocenters. The molecule has 0 spiro atoms. The van der Waals surface area contributed by atoms with E-state index < -0.39 is 10.0 Å². The van der Waals surface area contributed by atoms with Gasteiger partial charge in [0.2, 0.25) is 0 Å². The van der Waals surface area contributed by atoms with Gasteiger partial charge >= 0.3 is 0 Å². The van der Waals surface area contributed by atoms with Crippen molar-refractivity contribution >= 4 is 10.0 Å². The third-order valence-corrected chi connectivity index (χ3v) is 5.29. The molecule has 0 aliphatic heterocycles. The van der Waals surface area contributed by atoms with Crippen molar-refractivity contribution in [3.63, 3.8) is 0 Å². The number of aliphatic hydroxyl groups excluding tert-OH is 1. The average Bonchev–Trinajstić information content (AvgIpc) is 2.57. The number of hydrogen-bond donors (Lipinski definition) is 2. The Kier molecular flexibility index (Phi) is 3.24. The fraction of sp³-hybridized carbons (Fsp3) is 0.700. The smallest absolute Gasteiger partial charge is 0.262 e. The fourth-order valence-electron chi connectivity index (χ4n) is 1.91. The number of aryl methyl sites for hydroxylation is 1. The van der Waals surface area contributed by atoms with Gasteiger partial charge < -0.3 is 5.11 Å². The molecular weight excluding hydrogens is 242 g/mol. The van der Waals surface area contributed by atoms with E-state index in [2.05, 4.69) is 10.2 Å². The molecule has 6 nitrogen and oxygen atoms in total. The molecule has 1 saturated carbocycles. The number of sulfonamides is 1. The SMILES string of the molecule is Cc1[nH]nc(S(=O)(=O)N(C)C2CCC2)c1CO. The molecule has 0 aromatic carbocycles. The molecule has 1 fully saturated rings. The first-order valence-corrected chi connectivity index (χ1v) is 7.05. The number of rotatable bonds is 4. The zero-order valence-electron chi connectivity index (χ0n) is 9.97. The van der Waals surface area contributed by atoms with Gasteiger partial charge in [-0.1, -0.05) is 6.42 Å². The number of hydrogen-bond acceptors (Lipinski definition) is 4. The summed E-state index contributed by atoms with van der Waals surface area (Å²) in [4.78, 5) is 0. The Balaban J connectivity index is 2.36. The van der Waals surface area contributed by atoms with Crippen LogP contribution in [0.3, 0.4) is 0 Å². The zero-order valence-corrected chi connectivity index (χ0v) is 10.8. The Morgan fingerprint density at radius 3 is 2.65 bits per heavy atom. The highest BCUT2D eigenvalue weighted by Gasteiger charge is 2.35. The van der Waals surface area contributed by atoms with Crippen molar-refractivity contribution in [1.82, 2.24) is 14.5 Å². The van der Waals surface area contributed by atoms with Crippen LogP contribution in [0.15, 0.2) is 5.03 Å². The highest BCUT2D eigenvalue weighted by atomic mass is 32.2. The maximum absolute atomic E-state index is 12.3. The minimum atomic E-state index is -3.59. The normalized spacial score (nSPS) is 17.4. The van der Waals surface area contributed by atoms with Gasteiger partial charge in [-0.05, 0) is 19.8 Å². The van der Waals surface area contributed by atoms with Crippen molar-refractivity contribution < 1.29 is 13.5 Å². The number of H-pyrrole nitrogens is 1. The Morgan fingerprint density at radius 2 is 2.18 bits per heavy atom. The monoisotopic (exact) mass is 259 g/mol. The highest BCUT2D eigenvalue weighted by molar-refractivity contribution is 7.89. The molecule has 96 valence electrons. The van der Waals surface area contributed by atoms with Crippen LogP contribution in [0, 0.1) is 6.92 Å². The standard InChI is InChI=1S/C10H17N3O3S/c1-7-9(6-14)10(12-11-7)17(15,16)13(2)8-4-3-5-8/h8,14H,3-6H2,1-2H3,(H,11,12). The molecule has 0 radical (unpaired) electrons. The zero-order chi connectivity index (χ0) is 12.6. The van der Waals surface area contributed by atoms with Gasteiger partial charge in [0.15, 0.2) is 5.03 Å². The van der Waals surface area contributed by atoms with Gasteiger partial charge in [-0.25, -0.2) is 8.42 Å². The van der Waals surface area contributed by atoms with Gasteiger partial charge in [-0.2, -0.15) is 9.40 Å². The van der Waals surface area contributed by atoms with E-state index in [1.807, 2.05) is 0 Å². The van der Waals surface area contributed by atoms with E-state index in [4.69, 9.17) is 0 Å². The lowest BCUT2D eigenvalue weighted by Gasteiger charge is -2.33. The van der Waals surface area contributed by atoms with Crippen LogP contribution >= 0.6 is 0 Å². The number of aliphatic hydroxyl groups is 1. The Morgan fingerprint density at radius 1 is 1.53 bits per heavy atom.